The highest BCUT2D eigenvalue weighted by molar-refractivity contribution is 9.10. The molecule has 0 bridgehead atoms. The number of benzene rings is 1. The van der Waals surface area contributed by atoms with Gasteiger partial charge in [0.1, 0.15) is 0 Å². The van der Waals surface area contributed by atoms with Crippen LogP contribution in [0.3, 0.4) is 0 Å². The van der Waals surface area contributed by atoms with Gasteiger partial charge in [-0.3, -0.25) is 0 Å². The van der Waals surface area contributed by atoms with Gasteiger partial charge < -0.3 is 11.1 Å². The highest BCUT2D eigenvalue weighted by Gasteiger charge is 2.32. The number of rotatable bonds is 2. The molecule has 1 aromatic rings. The monoisotopic (exact) mass is 254 g/mol. The number of nitrogens with two attached hydrogens (primary N) is 1. The van der Waals surface area contributed by atoms with Crippen LogP contribution in [0.2, 0.25) is 0 Å². The lowest BCUT2D eigenvalue weighted by Gasteiger charge is -2.10. The summed E-state index contributed by atoms with van der Waals surface area (Å²) in [6.07, 6.45) is 1.27. The molecule has 0 aromatic heterocycles. The maximum atomic E-state index is 5.81. The van der Waals surface area contributed by atoms with Gasteiger partial charge in [-0.05, 0) is 52.9 Å². The van der Waals surface area contributed by atoms with Crippen molar-refractivity contribution in [3.05, 3.63) is 22.2 Å². The van der Waals surface area contributed by atoms with E-state index in [1.807, 2.05) is 13.0 Å². The molecule has 1 fully saturated rings. The van der Waals surface area contributed by atoms with Crippen molar-refractivity contribution in [1.82, 2.24) is 0 Å². The minimum atomic E-state index is 0.648. The van der Waals surface area contributed by atoms with Crippen LogP contribution in [0.25, 0.3) is 0 Å². The van der Waals surface area contributed by atoms with Crippen LogP contribution in [0.15, 0.2) is 16.6 Å². The number of hydrogen-bond donors (Lipinski definition) is 2. The Morgan fingerprint density at radius 1 is 1.50 bits per heavy atom. The molecule has 0 spiro atoms. The summed E-state index contributed by atoms with van der Waals surface area (Å²) in [4.78, 5) is 0. The molecule has 1 aliphatic carbocycles. The first-order valence-corrected chi connectivity index (χ1v) is 5.69. The molecule has 14 heavy (non-hydrogen) atoms. The third-order valence-electron chi connectivity index (χ3n) is 2.81. The quantitative estimate of drug-likeness (QED) is 0.796. The van der Waals surface area contributed by atoms with E-state index in [2.05, 4.69) is 34.2 Å². The van der Waals surface area contributed by atoms with E-state index in [1.54, 1.807) is 0 Å². The molecule has 1 saturated carbocycles. The van der Waals surface area contributed by atoms with Crippen LogP contribution >= 0.6 is 15.9 Å². The van der Waals surface area contributed by atoms with E-state index >= 15 is 0 Å². The Morgan fingerprint density at radius 2 is 2.14 bits per heavy atom. The molecule has 0 amide bonds. The van der Waals surface area contributed by atoms with E-state index < -0.39 is 0 Å². The fraction of sp³-hybridized carbons (Fsp3) is 0.455. The van der Waals surface area contributed by atoms with Gasteiger partial charge >= 0.3 is 0 Å². The number of anilines is 2. The average molecular weight is 255 g/mol. The van der Waals surface area contributed by atoms with Gasteiger partial charge in [-0.25, -0.2) is 0 Å². The first-order valence-electron chi connectivity index (χ1n) is 4.90. The predicted molar refractivity (Wildman–Crippen MR) is 64.5 cm³/mol. The second kappa shape index (κ2) is 3.46. The molecular formula is C11H15BrN2. The van der Waals surface area contributed by atoms with Gasteiger partial charge in [-0.2, -0.15) is 0 Å². The van der Waals surface area contributed by atoms with Crippen LogP contribution in [-0.4, -0.2) is 6.04 Å². The first-order chi connectivity index (χ1) is 6.58. The average Bonchev–Trinajstić information content (AvgIpc) is 2.78. The van der Waals surface area contributed by atoms with Crippen LogP contribution in [0, 0.1) is 12.8 Å². The highest BCUT2D eigenvalue weighted by atomic mass is 79.9. The van der Waals surface area contributed by atoms with Crippen molar-refractivity contribution in [2.45, 2.75) is 26.3 Å². The Balaban J connectivity index is 2.20. The zero-order valence-corrected chi connectivity index (χ0v) is 10.1. The van der Waals surface area contributed by atoms with Gasteiger partial charge in [0.25, 0.3) is 0 Å². The van der Waals surface area contributed by atoms with Gasteiger partial charge in [0, 0.05) is 21.9 Å². The summed E-state index contributed by atoms with van der Waals surface area (Å²) < 4.78 is 1.06. The molecule has 2 rings (SSSR count). The van der Waals surface area contributed by atoms with Crippen molar-refractivity contribution in [2.75, 3.05) is 11.1 Å². The highest BCUT2D eigenvalue weighted by Crippen LogP contribution is 2.36. The lowest BCUT2D eigenvalue weighted by molar-refractivity contribution is 0.928. The minimum Gasteiger partial charge on any atom is -0.398 e. The Hall–Kier alpha value is -0.700. The summed E-state index contributed by atoms with van der Waals surface area (Å²) >= 11 is 3.51. The van der Waals surface area contributed by atoms with Crippen LogP contribution in [0.1, 0.15) is 18.9 Å². The van der Waals surface area contributed by atoms with Crippen molar-refractivity contribution >= 4 is 27.3 Å². The van der Waals surface area contributed by atoms with Crippen molar-refractivity contribution in [1.29, 1.82) is 0 Å². The topological polar surface area (TPSA) is 38.0 Å². The van der Waals surface area contributed by atoms with E-state index in [-0.39, 0.29) is 0 Å². The van der Waals surface area contributed by atoms with E-state index in [4.69, 9.17) is 5.73 Å². The molecule has 0 aliphatic heterocycles. The number of halogens is 1. The predicted octanol–water partition coefficient (Wildman–Crippen LogP) is 3.16. The van der Waals surface area contributed by atoms with Crippen LogP contribution in [-0.2, 0) is 0 Å². The van der Waals surface area contributed by atoms with Gasteiger partial charge in [-0.15, -0.1) is 0 Å². The molecule has 1 aromatic carbocycles. The standard InChI is InChI=1S/C11H15BrN2/c1-6-3-11(8(12)5-9(6)13)14-10-4-7(10)2/h3,5,7,10,14H,4,13H2,1-2H3. The van der Waals surface area contributed by atoms with Crippen molar-refractivity contribution in [2.24, 2.45) is 5.92 Å². The SMILES string of the molecule is Cc1cc(NC2CC2C)c(Br)cc1N. The summed E-state index contributed by atoms with van der Waals surface area (Å²) in [5.74, 6) is 0.805. The number of hydrogen-bond acceptors (Lipinski definition) is 2. The molecular weight excluding hydrogens is 240 g/mol. The smallest absolute Gasteiger partial charge is 0.0491 e. The van der Waals surface area contributed by atoms with Crippen LogP contribution in [0.5, 0.6) is 0 Å². The number of aryl methyl sites for hydroxylation is 1. The molecule has 2 atom stereocenters. The third kappa shape index (κ3) is 1.87. The minimum absolute atomic E-state index is 0.648. The Kier molecular flexibility index (Phi) is 2.43. The number of nitrogen functional groups attached to an aromatic ring is 1. The summed E-state index contributed by atoms with van der Waals surface area (Å²) in [6.45, 7) is 4.29. The van der Waals surface area contributed by atoms with Crippen molar-refractivity contribution < 1.29 is 0 Å². The molecule has 2 nitrogen and oxygen atoms in total. The summed E-state index contributed by atoms with van der Waals surface area (Å²) in [5.41, 5.74) is 8.93. The van der Waals surface area contributed by atoms with Crippen LogP contribution in [0.4, 0.5) is 11.4 Å². The second-order valence-electron chi connectivity index (χ2n) is 4.15. The first kappa shape index (κ1) is 9.84. The van der Waals surface area contributed by atoms with E-state index in [0.29, 0.717) is 6.04 Å². The molecule has 0 radical (unpaired) electrons. The molecule has 0 saturated heterocycles. The summed E-state index contributed by atoms with van der Waals surface area (Å²) in [5, 5.41) is 3.50. The number of nitrogens with one attached hydrogen (secondary N) is 1. The molecule has 3 N–H and O–H groups in total. The Morgan fingerprint density at radius 3 is 2.71 bits per heavy atom. The lowest BCUT2D eigenvalue weighted by atomic mass is 10.2. The second-order valence-corrected chi connectivity index (χ2v) is 5.01. The maximum Gasteiger partial charge on any atom is 0.0491 e. The molecule has 0 heterocycles. The molecule has 3 heteroatoms. The van der Waals surface area contributed by atoms with Gasteiger partial charge in [-0.1, -0.05) is 6.92 Å². The molecule has 1 aliphatic rings. The third-order valence-corrected chi connectivity index (χ3v) is 3.46. The molecule has 2 unspecified atom stereocenters. The molecule has 76 valence electrons. The van der Waals surface area contributed by atoms with E-state index in [9.17, 15) is 0 Å². The van der Waals surface area contributed by atoms with E-state index in [1.165, 1.54) is 6.42 Å². The van der Waals surface area contributed by atoms with Gasteiger partial charge in [0.15, 0.2) is 0 Å². The zero-order valence-electron chi connectivity index (χ0n) is 8.47. The normalized spacial score (nSPS) is 24.8. The summed E-state index contributed by atoms with van der Waals surface area (Å²) in [6, 6.07) is 4.71. The van der Waals surface area contributed by atoms with Gasteiger partial charge in [0.05, 0.1) is 0 Å². The van der Waals surface area contributed by atoms with Gasteiger partial charge in [0.2, 0.25) is 0 Å². The Bertz CT molecular complexity index is 363. The largest absolute Gasteiger partial charge is 0.398 e. The zero-order chi connectivity index (χ0) is 10.3. The Labute approximate surface area is 93.0 Å². The van der Waals surface area contributed by atoms with E-state index in [0.717, 1.165) is 27.3 Å². The summed E-state index contributed by atoms with van der Waals surface area (Å²) in [7, 11) is 0. The maximum absolute atomic E-state index is 5.81. The van der Waals surface area contributed by atoms with Crippen molar-refractivity contribution in [3.8, 4) is 0 Å². The van der Waals surface area contributed by atoms with Crippen molar-refractivity contribution in [3.63, 3.8) is 0 Å². The van der Waals surface area contributed by atoms with Crippen LogP contribution < -0.4 is 11.1 Å². The fourth-order valence-electron chi connectivity index (χ4n) is 1.53. The lowest BCUT2D eigenvalue weighted by Crippen LogP contribution is -2.05. The fourth-order valence-corrected chi connectivity index (χ4v) is 2.01.